The predicted octanol–water partition coefficient (Wildman–Crippen LogP) is 6.85. The van der Waals surface area contributed by atoms with Gasteiger partial charge in [-0.3, -0.25) is 4.79 Å². The number of carbonyl (C=O) groups excluding carboxylic acids is 1. The van der Waals surface area contributed by atoms with E-state index in [1.807, 2.05) is 60.7 Å². The van der Waals surface area contributed by atoms with Crippen LogP contribution in [-0.2, 0) is 28.5 Å². The molecule has 2 atom stereocenters. The van der Waals surface area contributed by atoms with Crippen LogP contribution in [0.25, 0.3) is 0 Å². The van der Waals surface area contributed by atoms with Gasteiger partial charge in [-0.25, -0.2) is 0 Å². The van der Waals surface area contributed by atoms with E-state index in [4.69, 9.17) is 4.74 Å². The third kappa shape index (κ3) is 7.89. The largest absolute Gasteiger partial charge is 0.416 e. The molecule has 1 amide bonds. The van der Waals surface area contributed by atoms with Crippen LogP contribution in [0.3, 0.4) is 0 Å². The van der Waals surface area contributed by atoms with E-state index < -0.39 is 36.2 Å². The van der Waals surface area contributed by atoms with Crippen LogP contribution in [0, 0.1) is 5.92 Å². The minimum Gasteiger partial charge on any atom is -0.373 e. The fraction of sp³-hybridized carbons (Fsp3) is 0.387. The Morgan fingerprint density at radius 1 is 0.878 bits per heavy atom. The maximum absolute atomic E-state index is 13.4. The molecule has 3 aromatic rings. The lowest BCUT2D eigenvalue weighted by molar-refractivity contribution is -0.143. The summed E-state index contributed by atoms with van der Waals surface area (Å²) in [5.41, 5.74) is -1.03. The van der Waals surface area contributed by atoms with Gasteiger partial charge in [0, 0.05) is 24.9 Å². The molecule has 4 rings (SSSR count). The molecule has 0 bridgehead atoms. The standard InChI is InChI=1S/C31H32F6N2O2/c1-38(2)19-28(40)39-14-13-27(41-20-21-15-24(30(32,33)34)17-25(16-21)31(35,36)37)26(18-39)29(22-9-5-3-6-10-22)23-11-7-4-8-12-23/h3-12,15-17,26-27,29H,13-14,18-20H2,1-2H3/t26-,27+/m0/s1. The second kappa shape index (κ2) is 12.7. The van der Waals surface area contributed by atoms with Crippen LogP contribution < -0.4 is 0 Å². The van der Waals surface area contributed by atoms with Gasteiger partial charge in [-0.1, -0.05) is 60.7 Å². The molecule has 0 N–H and O–H groups in total. The fourth-order valence-electron chi connectivity index (χ4n) is 5.40. The Morgan fingerprint density at radius 3 is 1.85 bits per heavy atom. The number of rotatable bonds is 8. The van der Waals surface area contributed by atoms with Gasteiger partial charge in [0.15, 0.2) is 0 Å². The first kappa shape index (κ1) is 30.6. The van der Waals surface area contributed by atoms with E-state index in [0.29, 0.717) is 31.6 Å². The Balaban J connectivity index is 1.69. The second-order valence-electron chi connectivity index (χ2n) is 10.6. The third-order valence-electron chi connectivity index (χ3n) is 7.25. The topological polar surface area (TPSA) is 32.8 Å². The Kier molecular flexibility index (Phi) is 9.44. The Labute approximate surface area is 235 Å². The van der Waals surface area contributed by atoms with Crippen LogP contribution in [0.1, 0.15) is 40.2 Å². The summed E-state index contributed by atoms with van der Waals surface area (Å²) in [5.74, 6) is -0.608. The highest BCUT2D eigenvalue weighted by atomic mass is 19.4. The number of alkyl halides is 6. The Hall–Kier alpha value is -3.37. The molecule has 220 valence electrons. The van der Waals surface area contributed by atoms with Gasteiger partial charge < -0.3 is 14.5 Å². The summed E-state index contributed by atoms with van der Waals surface area (Å²) in [4.78, 5) is 16.6. The first-order valence-electron chi connectivity index (χ1n) is 13.3. The van der Waals surface area contributed by atoms with Crippen LogP contribution >= 0.6 is 0 Å². The number of hydrogen-bond acceptors (Lipinski definition) is 3. The summed E-state index contributed by atoms with van der Waals surface area (Å²) in [6.45, 7) is 0.461. The number of nitrogens with zero attached hydrogens (tertiary/aromatic N) is 2. The van der Waals surface area contributed by atoms with E-state index >= 15 is 0 Å². The van der Waals surface area contributed by atoms with Crippen molar-refractivity contribution >= 4 is 5.91 Å². The Morgan fingerprint density at radius 2 is 1.39 bits per heavy atom. The first-order chi connectivity index (χ1) is 19.3. The number of likely N-dealkylation sites (N-methyl/N-ethyl adjacent to an activating group) is 1. The molecule has 0 saturated carbocycles. The number of benzene rings is 3. The monoisotopic (exact) mass is 578 g/mol. The molecule has 0 spiro atoms. The average Bonchev–Trinajstić information content (AvgIpc) is 2.92. The zero-order valence-electron chi connectivity index (χ0n) is 22.8. The highest BCUT2D eigenvalue weighted by Gasteiger charge is 2.40. The molecule has 1 aliphatic heterocycles. The van der Waals surface area contributed by atoms with Crippen LogP contribution in [0.15, 0.2) is 78.9 Å². The van der Waals surface area contributed by atoms with Crippen molar-refractivity contribution in [3.05, 3.63) is 107 Å². The number of amides is 1. The number of halogens is 6. The molecule has 1 aliphatic rings. The zero-order valence-corrected chi connectivity index (χ0v) is 22.8. The van der Waals surface area contributed by atoms with Crippen molar-refractivity contribution in [1.82, 2.24) is 9.80 Å². The number of piperidine rings is 1. The van der Waals surface area contributed by atoms with E-state index in [1.165, 1.54) is 0 Å². The lowest BCUT2D eigenvalue weighted by atomic mass is 9.75. The fourth-order valence-corrected chi connectivity index (χ4v) is 5.40. The normalized spacial score (nSPS) is 18.2. The number of ether oxygens (including phenoxy) is 1. The van der Waals surface area contributed by atoms with Gasteiger partial charge >= 0.3 is 12.4 Å². The lowest BCUT2D eigenvalue weighted by Gasteiger charge is -2.43. The van der Waals surface area contributed by atoms with Crippen molar-refractivity contribution in [2.45, 2.75) is 37.4 Å². The summed E-state index contributed by atoms with van der Waals surface area (Å²) in [5, 5.41) is 0. The summed E-state index contributed by atoms with van der Waals surface area (Å²) >= 11 is 0. The number of carbonyl (C=O) groups is 1. The van der Waals surface area contributed by atoms with Gasteiger partial charge in [0.1, 0.15) is 0 Å². The highest BCUT2D eigenvalue weighted by molar-refractivity contribution is 5.78. The van der Waals surface area contributed by atoms with Gasteiger partial charge in [0.2, 0.25) is 5.91 Å². The summed E-state index contributed by atoms with van der Waals surface area (Å²) < 4.78 is 86.8. The van der Waals surface area contributed by atoms with E-state index in [-0.39, 0.29) is 35.9 Å². The maximum Gasteiger partial charge on any atom is 0.416 e. The Bertz CT molecular complexity index is 1220. The van der Waals surface area contributed by atoms with Crippen LogP contribution in [-0.4, -0.2) is 55.5 Å². The molecule has 4 nitrogen and oxygen atoms in total. The van der Waals surface area contributed by atoms with E-state index in [2.05, 4.69) is 0 Å². The number of hydrogen-bond donors (Lipinski definition) is 0. The molecule has 0 aromatic heterocycles. The minimum atomic E-state index is -4.94. The van der Waals surface area contributed by atoms with Crippen molar-refractivity contribution < 1.29 is 35.9 Å². The molecule has 1 saturated heterocycles. The van der Waals surface area contributed by atoms with Gasteiger partial charge in [-0.2, -0.15) is 26.3 Å². The molecule has 1 heterocycles. The third-order valence-corrected chi connectivity index (χ3v) is 7.25. The van der Waals surface area contributed by atoms with Gasteiger partial charge in [0.05, 0.1) is 30.4 Å². The van der Waals surface area contributed by atoms with E-state index in [1.54, 1.807) is 23.9 Å². The summed E-state index contributed by atoms with van der Waals surface area (Å²) in [6, 6.07) is 20.8. The molecule has 1 fully saturated rings. The first-order valence-corrected chi connectivity index (χ1v) is 13.3. The quantitative estimate of drug-likeness (QED) is 0.274. The number of likely N-dealkylation sites (tertiary alicyclic amines) is 1. The molecule has 41 heavy (non-hydrogen) atoms. The predicted molar refractivity (Wildman–Crippen MR) is 143 cm³/mol. The minimum absolute atomic E-state index is 0.0639. The molecular formula is C31H32F6N2O2. The van der Waals surface area contributed by atoms with Crippen molar-refractivity contribution in [2.24, 2.45) is 5.92 Å². The van der Waals surface area contributed by atoms with Gasteiger partial charge in [0.25, 0.3) is 0 Å². The van der Waals surface area contributed by atoms with Crippen LogP contribution in [0.5, 0.6) is 0 Å². The average molecular weight is 579 g/mol. The smallest absolute Gasteiger partial charge is 0.373 e. The molecule has 3 aromatic carbocycles. The molecule has 10 heteroatoms. The van der Waals surface area contributed by atoms with Crippen molar-refractivity contribution in [2.75, 3.05) is 33.7 Å². The SMILES string of the molecule is CN(C)CC(=O)N1CC[C@@H](OCc2cc(C(F)(F)F)cc(C(F)(F)F)c2)[C@@H](C(c2ccccc2)c2ccccc2)C1. The maximum atomic E-state index is 13.4. The molecular weight excluding hydrogens is 546 g/mol. The van der Waals surface area contributed by atoms with Crippen molar-refractivity contribution in [3.8, 4) is 0 Å². The molecule has 0 unspecified atom stereocenters. The van der Waals surface area contributed by atoms with Gasteiger partial charge in [-0.05, 0) is 55.4 Å². The van der Waals surface area contributed by atoms with E-state index in [9.17, 15) is 31.1 Å². The van der Waals surface area contributed by atoms with Crippen LogP contribution in [0.2, 0.25) is 0 Å². The van der Waals surface area contributed by atoms with Crippen molar-refractivity contribution in [3.63, 3.8) is 0 Å². The molecule has 0 radical (unpaired) electrons. The molecule has 0 aliphatic carbocycles. The van der Waals surface area contributed by atoms with Crippen molar-refractivity contribution in [1.29, 1.82) is 0 Å². The van der Waals surface area contributed by atoms with Crippen LogP contribution in [0.4, 0.5) is 26.3 Å². The highest BCUT2D eigenvalue weighted by Crippen LogP contribution is 2.40. The zero-order chi connectivity index (χ0) is 29.8. The summed E-state index contributed by atoms with van der Waals surface area (Å²) in [6.07, 6.45) is -10.0. The van der Waals surface area contributed by atoms with E-state index in [0.717, 1.165) is 11.1 Å². The second-order valence-corrected chi connectivity index (χ2v) is 10.6. The van der Waals surface area contributed by atoms with Gasteiger partial charge in [-0.15, -0.1) is 0 Å². The lowest BCUT2D eigenvalue weighted by Crippen LogP contribution is -2.50. The summed E-state index contributed by atoms with van der Waals surface area (Å²) in [7, 11) is 3.60.